The molecule has 7 nitrogen and oxygen atoms in total. The van der Waals surface area contributed by atoms with Crippen LogP contribution in [-0.4, -0.2) is 20.9 Å². The normalized spacial score (nSPS) is 10.0. The minimum atomic E-state index is -0.801. The smallest absolute Gasteiger partial charge is 0.254 e. The van der Waals surface area contributed by atoms with E-state index in [0.717, 1.165) is 0 Å². The molecule has 8 heteroatoms. The van der Waals surface area contributed by atoms with Gasteiger partial charge in [0.1, 0.15) is 6.33 Å². The van der Waals surface area contributed by atoms with E-state index in [1.807, 2.05) is 0 Å². The van der Waals surface area contributed by atoms with Crippen molar-refractivity contribution in [2.75, 3.05) is 5.43 Å². The van der Waals surface area contributed by atoms with Crippen LogP contribution in [0.5, 0.6) is 0 Å². The number of carbonyl (C=O) groups excluding carboxylic acids is 1. The first kappa shape index (κ1) is 12.8. The standard InChI is InChI=1S/C11H11FN6O/c12-9-8(2-4-15-10(9)18-13)11(19)16-5-7-1-3-14-6-17-7/h1-4,6H,5,13H2,(H,15,18)(H,16,19). The lowest BCUT2D eigenvalue weighted by molar-refractivity contribution is 0.0946. The third-order valence-corrected chi connectivity index (χ3v) is 2.34. The molecule has 98 valence electrons. The first-order valence-electron chi connectivity index (χ1n) is 5.36. The van der Waals surface area contributed by atoms with Gasteiger partial charge >= 0.3 is 0 Å². The van der Waals surface area contributed by atoms with Gasteiger partial charge in [0.2, 0.25) is 0 Å². The lowest BCUT2D eigenvalue weighted by Crippen LogP contribution is -2.25. The lowest BCUT2D eigenvalue weighted by atomic mass is 10.2. The van der Waals surface area contributed by atoms with Crippen LogP contribution in [0, 0.1) is 5.82 Å². The maximum absolute atomic E-state index is 13.8. The fraction of sp³-hybridized carbons (Fsp3) is 0.0909. The number of nitrogens with one attached hydrogen (secondary N) is 2. The predicted octanol–water partition coefficient (Wildman–Crippen LogP) is 0.226. The van der Waals surface area contributed by atoms with Crippen LogP contribution in [0.15, 0.2) is 30.9 Å². The van der Waals surface area contributed by atoms with Gasteiger partial charge in [-0.3, -0.25) is 4.79 Å². The SMILES string of the molecule is NNc1nccc(C(=O)NCc2ccncn2)c1F. The summed E-state index contributed by atoms with van der Waals surface area (Å²) in [6.45, 7) is 0.175. The van der Waals surface area contributed by atoms with Crippen molar-refractivity contribution in [3.63, 3.8) is 0 Å². The molecule has 0 radical (unpaired) electrons. The number of carbonyl (C=O) groups is 1. The van der Waals surface area contributed by atoms with Crippen LogP contribution in [0.25, 0.3) is 0 Å². The number of halogens is 1. The molecule has 2 heterocycles. The first-order valence-corrected chi connectivity index (χ1v) is 5.36. The fourth-order valence-electron chi connectivity index (χ4n) is 1.41. The summed E-state index contributed by atoms with van der Waals surface area (Å²) in [6.07, 6.45) is 4.21. The molecule has 0 aliphatic rings. The number of amides is 1. The maximum Gasteiger partial charge on any atom is 0.254 e. The number of pyridine rings is 1. The van der Waals surface area contributed by atoms with E-state index in [-0.39, 0.29) is 17.9 Å². The minimum absolute atomic E-state index is 0.142. The van der Waals surface area contributed by atoms with E-state index in [2.05, 4.69) is 25.7 Å². The molecule has 0 aliphatic carbocycles. The highest BCUT2D eigenvalue weighted by atomic mass is 19.1. The van der Waals surface area contributed by atoms with Crippen molar-refractivity contribution in [3.8, 4) is 0 Å². The number of hydrazine groups is 1. The molecule has 0 spiro atoms. The molecule has 0 aromatic carbocycles. The van der Waals surface area contributed by atoms with E-state index in [9.17, 15) is 9.18 Å². The van der Waals surface area contributed by atoms with Crippen molar-refractivity contribution in [1.29, 1.82) is 0 Å². The average molecular weight is 262 g/mol. The molecule has 0 bridgehead atoms. The van der Waals surface area contributed by atoms with Crippen molar-refractivity contribution < 1.29 is 9.18 Å². The molecule has 0 saturated heterocycles. The molecule has 0 atom stereocenters. The van der Waals surface area contributed by atoms with Gasteiger partial charge in [-0.2, -0.15) is 0 Å². The summed E-state index contributed by atoms with van der Waals surface area (Å²) in [5.41, 5.74) is 2.56. The van der Waals surface area contributed by atoms with Crippen LogP contribution >= 0.6 is 0 Å². The summed E-state index contributed by atoms with van der Waals surface area (Å²) >= 11 is 0. The number of nitrogens with zero attached hydrogens (tertiary/aromatic N) is 3. The van der Waals surface area contributed by atoms with Crippen molar-refractivity contribution in [3.05, 3.63) is 47.9 Å². The number of rotatable bonds is 4. The Morgan fingerprint density at radius 1 is 1.32 bits per heavy atom. The molecule has 1 amide bonds. The van der Waals surface area contributed by atoms with E-state index in [0.29, 0.717) is 5.69 Å². The van der Waals surface area contributed by atoms with Crippen LogP contribution in [-0.2, 0) is 6.54 Å². The molecule has 0 aliphatic heterocycles. The number of nitrogen functional groups attached to an aromatic ring is 1. The van der Waals surface area contributed by atoms with E-state index < -0.39 is 11.7 Å². The summed E-state index contributed by atoms with van der Waals surface area (Å²) in [6, 6.07) is 2.92. The number of aromatic nitrogens is 3. The highest BCUT2D eigenvalue weighted by Crippen LogP contribution is 2.13. The summed E-state index contributed by atoms with van der Waals surface area (Å²) in [5.74, 6) is 3.52. The second kappa shape index (κ2) is 5.83. The monoisotopic (exact) mass is 262 g/mol. The zero-order valence-electron chi connectivity index (χ0n) is 9.80. The Bertz CT molecular complexity index is 577. The largest absolute Gasteiger partial charge is 0.346 e. The van der Waals surface area contributed by atoms with Crippen LogP contribution < -0.4 is 16.6 Å². The van der Waals surface area contributed by atoms with Crippen molar-refractivity contribution >= 4 is 11.7 Å². The molecule has 2 rings (SSSR count). The molecule has 0 unspecified atom stereocenters. The average Bonchev–Trinajstić information content (AvgIpc) is 2.46. The van der Waals surface area contributed by atoms with Gasteiger partial charge in [0.25, 0.3) is 5.91 Å². The lowest BCUT2D eigenvalue weighted by Gasteiger charge is -2.07. The molecule has 0 saturated carbocycles. The molecular formula is C11H11FN6O. The number of nitrogens with two attached hydrogens (primary N) is 1. The summed E-state index contributed by atoms with van der Waals surface area (Å²) in [7, 11) is 0. The topological polar surface area (TPSA) is 106 Å². The molecular weight excluding hydrogens is 251 g/mol. The van der Waals surface area contributed by atoms with Gasteiger partial charge in [-0.05, 0) is 12.1 Å². The van der Waals surface area contributed by atoms with E-state index in [1.54, 1.807) is 12.3 Å². The second-order valence-corrected chi connectivity index (χ2v) is 3.55. The van der Waals surface area contributed by atoms with Gasteiger partial charge in [-0.1, -0.05) is 0 Å². The van der Waals surface area contributed by atoms with Gasteiger partial charge in [0, 0.05) is 12.4 Å². The summed E-state index contributed by atoms with van der Waals surface area (Å²) in [4.78, 5) is 23.2. The van der Waals surface area contributed by atoms with Gasteiger partial charge in [-0.15, -0.1) is 0 Å². The van der Waals surface area contributed by atoms with Gasteiger partial charge in [0.05, 0.1) is 17.8 Å². The van der Waals surface area contributed by atoms with Crippen LogP contribution in [0.2, 0.25) is 0 Å². The second-order valence-electron chi connectivity index (χ2n) is 3.55. The quantitative estimate of drug-likeness (QED) is 0.538. The zero-order valence-corrected chi connectivity index (χ0v) is 9.80. The molecule has 0 fully saturated rings. The van der Waals surface area contributed by atoms with E-state index in [4.69, 9.17) is 5.84 Å². The highest BCUT2D eigenvalue weighted by molar-refractivity contribution is 5.95. The third-order valence-electron chi connectivity index (χ3n) is 2.34. The van der Waals surface area contributed by atoms with E-state index in [1.165, 1.54) is 18.6 Å². The Balaban J connectivity index is 2.08. The Hall–Kier alpha value is -2.61. The van der Waals surface area contributed by atoms with Crippen molar-refractivity contribution in [2.24, 2.45) is 5.84 Å². The summed E-state index contributed by atoms with van der Waals surface area (Å²) in [5, 5.41) is 2.54. The Kier molecular flexibility index (Phi) is 3.94. The number of hydrogen-bond acceptors (Lipinski definition) is 6. The Morgan fingerprint density at radius 2 is 2.16 bits per heavy atom. The van der Waals surface area contributed by atoms with Gasteiger partial charge < -0.3 is 10.7 Å². The third kappa shape index (κ3) is 2.99. The van der Waals surface area contributed by atoms with Crippen LogP contribution in [0.3, 0.4) is 0 Å². The molecule has 2 aromatic heterocycles. The number of hydrogen-bond donors (Lipinski definition) is 3. The first-order chi connectivity index (χ1) is 9.22. The van der Waals surface area contributed by atoms with Crippen LogP contribution in [0.1, 0.15) is 16.1 Å². The number of anilines is 1. The fourth-order valence-corrected chi connectivity index (χ4v) is 1.41. The predicted molar refractivity (Wildman–Crippen MR) is 65.2 cm³/mol. The van der Waals surface area contributed by atoms with E-state index >= 15 is 0 Å². The Labute approximate surface area is 108 Å². The molecule has 2 aromatic rings. The highest BCUT2D eigenvalue weighted by Gasteiger charge is 2.15. The van der Waals surface area contributed by atoms with Gasteiger partial charge in [0.15, 0.2) is 11.6 Å². The minimum Gasteiger partial charge on any atom is -0.346 e. The van der Waals surface area contributed by atoms with Gasteiger partial charge in [-0.25, -0.2) is 25.2 Å². The van der Waals surface area contributed by atoms with Crippen molar-refractivity contribution in [1.82, 2.24) is 20.3 Å². The molecule has 4 N–H and O–H groups in total. The molecule has 19 heavy (non-hydrogen) atoms. The Morgan fingerprint density at radius 3 is 2.84 bits per heavy atom. The maximum atomic E-state index is 13.8. The zero-order chi connectivity index (χ0) is 13.7. The van der Waals surface area contributed by atoms with Crippen molar-refractivity contribution in [2.45, 2.75) is 6.54 Å². The van der Waals surface area contributed by atoms with Crippen LogP contribution in [0.4, 0.5) is 10.2 Å². The summed E-state index contributed by atoms with van der Waals surface area (Å²) < 4.78 is 13.8.